The Balaban J connectivity index is 1.59. The fourth-order valence-electron chi connectivity index (χ4n) is 4.40. The molecule has 0 amide bonds. The van der Waals surface area contributed by atoms with E-state index in [4.69, 9.17) is 55.9 Å². The molecule has 0 fully saturated rings. The van der Waals surface area contributed by atoms with Crippen LogP contribution in [0.4, 0.5) is 0 Å². The van der Waals surface area contributed by atoms with Crippen molar-refractivity contribution in [1.29, 1.82) is 0 Å². The molecule has 1 unspecified atom stereocenters. The van der Waals surface area contributed by atoms with Crippen molar-refractivity contribution < 1.29 is 14.3 Å². The van der Waals surface area contributed by atoms with E-state index in [2.05, 4.69) is 18.2 Å². The third-order valence-corrected chi connectivity index (χ3v) is 7.42. The molecule has 5 rings (SSSR count). The van der Waals surface area contributed by atoms with Gasteiger partial charge in [0.15, 0.2) is 5.75 Å². The van der Waals surface area contributed by atoms with E-state index in [-0.39, 0.29) is 10.0 Å². The molecule has 4 aromatic rings. The van der Waals surface area contributed by atoms with Crippen LogP contribution < -0.4 is 9.47 Å². The van der Waals surface area contributed by atoms with E-state index < -0.39 is 10.9 Å². The number of rotatable bonds is 7. The second kappa shape index (κ2) is 10.4. The highest BCUT2D eigenvalue weighted by molar-refractivity contribution is 6.44. The fraction of sp³-hybridized carbons (Fsp3) is 0.138. The smallest absolute Gasteiger partial charge is 0.164 e. The second-order valence-corrected chi connectivity index (χ2v) is 10.5. The molecule has 7 heteroatoms. The highest BCUT2D eigenvalue weighted by atomic mass is 35.5. The highest BCUT2D eigenvalue weighted by Crippen LogP contribution is 2.48. The zero-order valence-corrected chi connectivity index (χ0v) is 22.1. The van der Waals surface area contributed by atoms with Crippen molar-refractivity contribution in [3.05, 3.63) is 99.5 Å². The van der Waals surface area contributed by atoms with E-state index in [9.17, 15) is 4.79 Å². The number of hydrogen-bond acceptors (Lipinski definition) is 3. The minimum absolute atomic E-state index is 0.288. The molecule has 0 aliphatic heterocycles. The average molecular weight is 558 g/mol. The quantitative estimate of drug-likeness (QED) is 0.148. The molecule has 0 bridgehead atoms. The largest absolute Gasteiger partial charge is 0.488 e. The first kappa shape index (κ1) is 25.0. The summed E-state index contributed by atoms with van der Waals surface area (Å²) in [4.78, 5) is 10.5. The van der Waals surface area contributed by atoms with Crippen LogP contribution >= 0.6 is 46.4 Å². The number of fused-ring (bicyclic) bond motifs is 3. The number of halogens is 4. The van der Waals surface area contributed by atoms with Crippen LogP contribution in [0.2, 0.25) is 10.0 Å². The minimum atomic E-state index is -0.706. The highest BCUT2D eigenvalue weighted by Gasteiger charge is 2.25. The van der Waals surface area contributed by atoms with Gasteiger partial charge in [0.25, 0.3) is 0 Å². The number of carbonyl (C=O) groups excluding carboxylic acids is 1. The summed E-state index contributed by atoms with van der Waals surface area (Å²) in [5.74, 6) is 1.35. The van der Waals surface area contributed by atoms with Gasteiger partial charge in [0.05, 0.1) is 10.0 Å². The lowest BCUT2D eigenvalue weighted by Crippen LogP contribution is -2.19. The lowest BCUT2D eigenvalue weighted by Gasteiger charge is -2.19. The van der Waals surface area contributed by atoms with E-state index in [1.165, 1.54) is 11.1 Å². The summed E-state index contributed by atoms with van der Waals surface area (Å²) in [5, 5.41) is 0.577. The maximum Gasteiger partial charge on any atom is 0.164 e. The van der Waals surface area contributed by atoms with E-state index >= 15 is 0 Å². The Hall–Kier alpha value is -2.69. The Kier molecular flexibility index (Phi) is 7.18. The molecule has 0 heterocycles. The van der Waals surface area contributed by atoms with Gasteiger partial charge in [-0.05, 0) is 47.2 Å². The summed E-state index contributed by atoms with van der Waals surface area (Å²) in [6.45, 7) is 1.75. The zero-order chi connectivity index (χ0) is 25.4. The molecule has 0 radical (unpaired) electrons. The molecule has 0 saturated carbocycles. The summed E-state index contributed by atoms with van der Waals surface area (Å²) in [7, 11) is 0. The van der Waals surface area contributed by atoms with Gasteiger partial charge in [-0.25, -0.2) is 0 Å². The standard InChI is InChI=1S/C29H20Cl4O3/c1-16(29(32)33)35-20-13-24(30)28(25(31)14-20)36-26-11-10-22-21-5-3-2-4-19(21)12-23(22)27(26)18-8-6-17(15-34)7-9-18/h2-11,13-16,29H,12H2,1H3. The Bertz CT molecular complexity index is 1420. The molecule has 4 aromatic carbocycles. The van der Waals surface area contributed by atoms with Crippen LogP contribution in [0.1, 0.15) is 28.4 Å². The van der Waals surface area contributed by atoms with Gasteiger partial charge >= 0.3 is 0 Å². The average Bonchev–Trinajstić information content (AvgIpc) is 3.24. The van der Waals surface area contributed by atoms with Crippen molar-refractivity contribution in [2.75, 3.05) is 0 Å². The molecule has 3 nitrogen and oxygen atoms in total. The van der Waals surface area contributed by atoms with Gasteiger partial charge in [-0.1, -0.05) is 77.8 Å². The molecule has 0 aromatic heterocycles. The van der Waals surface area contributed by atoms with Crippen molar-refractivity contribution in [2.45, 2.75) is 24.3 Å². The van der Waals surface area contributed by atoms with Gasteiger partial charge < -0.3 is 9.47 Å². The molecule has 1 aliphatic carbocycles. The lowest BCUT2D eigenvalue weighted by atomic mass is 9.94. The number of benzene rings is 4. The van der Waals surface area contributed by atoms with Crippen molar-refractivity contribution in [1.82, 2.24) is 0 Å². The second-order valence-electron chi connectivity index (χ2n) is 8.51. The number of hydrogen-bond donors (Lipinski definition) is 0. The van der Waals surface area contributed by atoms with E-state index in [0.717, 1.165) is 35.0 Å². The summed E-state index contributed by atoms with van der Waals surface area (Å²) in [6, 6.07) is 23.0. The first-order valence-electron chi connectivity index (χ1n) is 11.3. The van der Waals surface area contributed by atoms with Crippen LogP contribution in [-0.2, 0) is 6.42 Å². The fourth-order valence-corrected chi connectivity index (χ4v) is 5.05. The maximum atomic E-state index is 11.2. The number of ether oxygens (including phenoxy) is 2. The van der Waals surface area contributed by atoms with Gasteiger partial charge in [0.1, 0.15) is 28.7 Å². The summed E-state index contributed by atoms with van der Waals surface area (Å²) >= 11 is 25.0. The van der Waals surface area contributed by atoms with E-state index in [0.29, 0.717) is 22.8 Å². The van der Waals surface area contributed by atoms with Gasteiger partial charge in [0, 0.05) is 23.3 Å². The molecule has 0 saturated heterocycles. The molecular formula is C29H20Cl4O3. The maximum absolute atomic E-state index is 11.2. The van der Waals surface area contributed by atoms with Crippen molar-refractivity contribution in [3.8, 4) is 39.5 Å². The predicted octanol–water partition coefficient (Wildman–Crippen LogP) is 9.41. The van der Waals surface area contributed by atoms with Gasteiger partial charge in [-0.3, -0.25) is 4.79 Å². The van der Waals surface area contributed by atoms with Gasteiger partial charge in [-0.15, -0.1) is 23.2 Å². The molecule has 36 heavy (non-hydrogen) atoms. The predicted molar refractivity (Wildman–Crippen MR) is 148 cm³/mol. The van der Waals surface area contributed by atoms with Crippen LogP contribution in [0, 0.1) is 0 Å². The number of carbonyl (C=O) groups is 1. The first-order chi connectivity index (χ1) is 17.4. The van der Waals surface area contributed by atoms with Crippen LogP contribution in [0.25, 0.3) is 22.3 Å². The lowest BCUT2D eigenvalue weighted by molar-refractivity contribution is 0.112. The summed E-state index contributed by atoms with van der Waals surface area (Å²) < 4.78 is 12.1. The van der Waals surface area contributed by atoms with Gasteiger partial charge in [0.2, 0.25) is 0 Å². The molecular weight excluding hydrogens is 538 g/mol. The monoisotopic (exact) mass is 556 g/mol. The SMILES string of the molecule is CC(Oc1cc(Cl)c(Oc2ccc3c(c2-c2ccc(C=O)cc2)Cc2ccccc2-3)c(Cl)c1)C(Cl)Cl. The third-order valence-electron chi connectivity index (χ3n) is 6.15. The van der Waals surface area contributed by atoms with Crippen LogP contribution in [0.3, 0.4) is 0 Å². The summed E-state index contributed by atoms with van der Waals surface area (Å²) in [6.07, 6.45) is 1.14. The van der Waals surface area contributed by atoms with E-state index in [1.807, 2.05) is 30.3 Å². The summed E-state index contributed by atoms with van der Waals surface area (Å²) in [5.41, 5.74) is 7.20. The number of alkyl halides is 2. The molecule has 0 N–H and O–H groups in total. The topological polar surface area (TPSA) is 35.5 Å². The Morgan fingerprint density at radius 1 is 0.889 bits per heavy atom. The Labute approximate surface area is 229 Å². The zero-order valence-electron chi connectivity index (χ0n) is 19.1. The van der Waals surface area contributed by atoms with Crippen molar-refractivity contribution in [3.63, 3.8) is 0 Å². The Morgan fingerprint density at radius 2 is 1.58 bits per heavy atom. The Morgan fingerprint density at radius 3 is 2.25 bits per heavy atom. The third kappa shape index (κ3) is 4.81. The number of aldehydes is 1. The minimum Gasteiger partial charge on any atom is -0.488 e. The molecule has 1 aliphatic rings. The van der Waals surface area contributed by atoms with Crippen LogP contribution in [-0.4, -0.2) is 17.2 Å². The van der Waals surface area contributed by atoms with Crippen LogP contribution in [0.15, 0.2) is 72.8 Å². The molecule has 1 atom stereocenters. The molecule has 182 valence electrons. The van der Waals surface area contributed by atoms with Crippen molar-refractivity contribution in [2.24, 2.45) is 0 Å². The molecule has 0 spiro atoms. The first-order valence-corrected chi connectivity index (χ1v) is 12.9. The normalized spacial score (nSPS) is 12.7. The van der Waals surface area contributed by atoms with Crippen molar-refractivity contribution >= 4 is 52.7 Å². The van der Waals surface area contributed by atoms with Crippen LogP contribution in [0.5, 0.6) is 17.2 Å². The van der Waals surface area contributed by atoms with E-state index in [1.54, 1.807) is 31.2 Å². The van der Waals surface area contributed by atoms with Gasteiger partial charge in [-0.2, -0.15) is 0 Å².